The molecule has 2 nitrogen and oxygen atoms in total. The summed E-state index contributed by atoms with van der Waals surface area (Å²) in [6.45, 7) is 5.62. The Labute approximate surface area is 127 Å². The zero-order chi connectivity index (χ0) is 14.7. The van der Waals surface area contributed by atoms with Crippen LogP contribution in [-0.4, -0.2) is 12.6 Å². The van der Waals surface area contributed by atoms with Crippen LogP contribution in [0.15, 0.2) is 60.7 Å². The molecule has 110 valence electrons. The monoisotopic (exact) mass is 280 g/mol. The summed E-state index contributed by atoms with van der Waals surface area (Å²) in [4.78, 5) is 0. The van der Waals surface area contributed by atoms with E-state index in [9.17, 15) is 0 Å². The average Bonchev–Trinajstić information content (AvgIpc) is 2.69. The van der Waals surface area contributed by atoms with Crippen molar-refractivity contribution in [2.24, 2.45) is 5.92 Å². The zero-order valence-electron chi connectivity index (χ0n) is 12.8. The molecule has 1 fully saturated rings. The van der Waals surface area contributed by atoms with Gasteiger partial charge in [0.05, 0.1) is 0 Å². The molecule has 1 aliphatic heterocycles. The fourth-order valence-electron chi connectivity index (χ4n) is 3.24. The molecule has 0 saturated carbocycles. The maximum absolute atomic E-state index is 3.89. The van der Waals surface area contributed by atoms with Gasteiger partial charge in [-0.25, -0.2) is 0 Å². The fraction of sp³-hybridized carbons (Fsp3) is 0.368. The summed E-state index contributed by atoms with van der Waals surface area (Å²) in [7, 11) is 0. The van der Waals surface area contributed by atoms with E-state index in [-0.39, 0.29) is 0 Å². The van der Waals surface area contributed by atoms with E-state index in [4.69, 9.17) is 0 Å². The Morgan fingerprint density at radius 3 is 1.86 bits per heavy atom. The van der Waals surface area contributed by atoms with Crippen LogP contribution >= 0.6 is 0 Å². The molecule has 1 heterocycles. The molecule has 1 saturated heterocycles. The van der Waals surface area contributed by atoms with Gasteiger partial charge in [0.15, 0.2) is 0 Å². The smallest absolute Gasteiger partial charge is 0.0478 e. The van der Waals surface area contributed by atoms with Gasteiger partial charge in [-0.3, -0.25) is 0 Å². The largest absolute Gasteiger partial charge is 0.312 e. The molecule has 0 spiro atoms. The zero-order valence-corrected chi connectivity index (χ0v) is 12.8. The first-order valence-corrected chi connectivity index (χ1v) is 7.85. The predicted molar refractivity (Wildman–Crippen MR) is 88.1 cm³/mol. The first-order chi connectivity index (χ1) is 10.3. The first kappa shape index (κ1) is 14.3. The van der Waals surface area contributed by atoms with Gasteiger partial charge in [0.25, 0.3) is 0 Å². The molecule has 3 rings (SSSR count). The van der Waals surface area contributed by atoms with Crippen LogP contribution in [0.4, 0.5) is 0 Å². The van der Waals surface area contributed by atoms with E-state index in [0.29, 0.717) is 24.0 Å². The van der Waals surface area contributed by atoms with Gasteiger partial charge in [0.1, 0.15) is 0 Å². The number of benzene rings is 2. The van der Waals surface area contributed by atoms with E-state index < -0.39 is 0 Å². The Morgan fingerprint density at radius 2 is 1.29 bits per heavy atom. The lowest BCUT2D eigenvalue weighted by atomic mass is 9.93. The van der Waals surface area contributed by atoms with Crippen LogP contribution in [0.25, 0.3) is 0 Å². The highest BCUT2D eigenvalue weighted by Crippen LogP contribution is 2.30. The van der Waals surface area contributed by atoms with Crippen LogP contribution in [0.2, 0.25) is 0 Å². The second kappa shape index (κ2) is 6.42. The molecular formula is C19H24N2. The van der Waals surface area contributed by atoms with Crippen LogP contribution in [-0.2, 0) is 0 Å². The molecule has 21 heavy (non-hydrogen) atoms. The van der Waals surface area contributed by atoms with Crippen molar-refractivity contribution in [2.45, 2.75) is 32.0 Å². The fourth-order valence-corrected chi connectivity index (χ4v) is 3.24. The van der Waals surface area contributed by atoms with Gasteiger partial charge in [0.2, 0.25) is 0 Å². The van der Waals surface area contributed by atoms with E-state index in [1.54, 1.807) is 0 Å². The molecule has 0 radical (unpaired) electrons. The second-order valence-corrected chi connectivity index (χ2v) is 6.12. The highest BCUT2D eigenvalue weighted by molar-refractivity contribution is 5.25. The number of hydrogen-bond acceptors (Lipinski definition) is 2. The van der Waals surface area contributed by atoms with Gasteiger partial charge in [-0.2, -0.15) is 0 Å². The van der Waals surface area contributed by atoms with Gasteiger partial charge >= 0.3 is 0 Å². The van der Waals surface area contributed by atoms with Crippen molar-refractivity contribution in [1.29, 1.82) is 0 Å². The second-order valence-electron chi connectivity index (χ2n) is 6.12. The van der Waals surface area contributed by atoms with Crippen molar-refractivity contribution in [3.8, 4) is 0 Å². The van der Waals surface area contributed by atoms with Crippen molar-refractivity contribution >= 4 is 0 Å². The van der Waals surface area contributed by atoms with Gasteiger partial charge in [-0.1, -0.05) is 67.6 Å². The summed E-state index contributed by atoms with van der Waals surface area (Å²) in [5, 5.41) is 7.57. The van der Waals surface area contributed by atoms with Crippen molar-refractivity contribution < 1.29 is 0 Å². The molecule has 2 heteroatoms. The van der Waals surface area contributed by atoms with Crippen LogP contribution in [0, 0.1) is 5.92 Å². The number of hydrogen-bond donors (Lipinski definition) is 2. The summed E-state index contributed by atoms with van der Waals surface area (Å²) in [5.74, 6) is 0.559. The van der Waals surface area contributed by atoms with Gasteiger partial charge < -0.3 is 10.6 Å². The van der Waals surface area contributed by atoms with Gasteiger partial charge in [-0.05, 0) is 30.5 Å². The number of nitrogens with one attached hydrogen (secondary N) is 2. The van der Waals surface area contributed by atoms with Crippen LogP contribution in [0.5, 0.6) is 0 Å². The van der Waals surface area contributed by atoms with E-state index in [2.05, 4.69) is 85.1 Å². The minimum Gasteiger partial charge on any atom is -0.312 e. The molecule has 4 atom stereocenters. The molecular weight excluding hydrogens is 256 g/mol. The van der Waals surface area contributed by atoms with Gasteiger partial charge in [0, 0.05) is 18.1 Å². The normalized spacial score (nSPS) is 29.8. The highest BCUT2D eigenvalue weighted by atomic mass is 15.1. The van der Waals surface area contributed by atoms with E-state index >= 15 is 0 Å². The minimum atomic E-state index is 0.335. The lowest BCUT2D eigenvalue weighted by Crippen LogP contribution is -2.36. The van der Waals surface area contributed by atoms with Crippen LogP contribution in [0.3, 0.4) is 0 Å². The molecule has 0 unspecified atom stereocenters. The minimum absolute atomic E-state index is 0.335. The van der Waals surface area contributed by atoms with E-state index in [0.717, 1.165) is 6.54 Å². The third-order valence-electron chi connectivity index (χ3n) is 4.51. The van der Waals surface area contributed by atoms with Crippen LogP contribution in [0.1, 0.15) is 37.1 Å². The Hall–Kier alpha value is -1.64. The highest BCUT2D eigenvalue weighted by Gasteiger charge is 2.30. The van der Waals surface area contributed by atoms with Crippen molar-refractivity contribution in [1.82, 2.24) is 10.6 Å². The average molecular weight is 280 g/mol. The van der Waals surface area contributed by atoms with E-state index in [1.165, 1.54) is 11.1 Å². The summed E-state index contributed by atoms with van der Waals surface area (Å²) in [6.07, 6.45) is 0. The quantitative estimate of drug-likeness (QED) is 0.877. The maximum Gasteiger partial charge on any atom is 0.0478 e. The molecule has 0 bridgehead atoms. The summed E-state index contributed by atoms with van der Waals surface area (Å²) >= 11 is 0. The molecule has 2 aromatic rings. The molecule has 1 aliphatic rings. The molecule has 0 aromatic heterocycles. The van der Waals surface area contributed by atoms with Crippen LogP contribution < -0.4 is 10.6 Å². The summed E-state index contributed by atoms with van der Waals surface area (Å²) in [6, 6.07) is 22.7. The Morgan fingerprint density at radius 1 is 0.762 bits per heavy atom. The molecule has 2 N–H and O–H groups in total. The first-order valence-electron chi connectivity index (χ1n) is 7.85. The summed E-state index contributed by atoms with van der Waals surface area (Å²) < 4.78 is 0. The van der Waals surface area contributed by atoms with Gasteiger partial charge in [-0.15, -0.1) is 0 Å². The van der Waals surface area contributed by atoms with Crippen molar-refractivity contribution in [3.63, 3.8) is 0 Å². The molecule has 0 aliphatic carbocycles. The lowest BCUT2D eigenvalue weighted by molar-refractivity contribution is 0.375. The SMILES string of the molecule is C[C@@H]1NC[C@H](C)[C@@H](c2ccccc2)N[C@H]1c1ccccc1. The Balaban J connectivity index is 1.91. The lowest BCUT2D eigenvalue weighted by Gasteiger charge is -2.28. The standard InChI is InChI=1S/C19H24N2/c1-14-13-20-15(2)19(17-11-7-4-8-12-17)21-18(14)16-9-5-3-6-10-16/h3-12,14-15,18-21H,13H2,1-2H3/t14-,15-,18-,19+/m0/s1. The van der Waals surface area contributed by atoms with E-state index in [1.807, 2.05) is 0 Å². The Kier molecular flexibility index (Phi) is 4.37. The predicted octanol–water partition coefficient (Wildman–Crippen LogP) is 3.69. The number of rotatable bonds is 2. The Bertz CT molecular complexity index is 501. The summed E-state index contributed by atoms with van der Waals surface area (Å²) in [5.41, 5.74) is 2.73. The topological polar surface area (TPSA) is 24.1 Å². The third-order valence-corrected chi connectivity index (χ3v) is 4.51. The third kappa shape index (κ3) is 3.17. The van der Waals surface area contributed by atoms with Crippen molar-refractivity contribution in [2.75, 3.05) is 6.54 Å². The maximum atomic E-state index is 3.89. The van der Waals surface area contributed by atoms with Crippen molar-refractivity contribution in [3.05, 3.63) is 71.8 Å². The molecule has 2 aromatic carbocycles. The molecule has 0 amide bonds.